The number of nitrogens with zero attached hydrogens (tertiary/aromatic N) is 1. The van der Waals surface area contributed by atoms with E-state index < -0.39 is 11.8 Å². The van der Waals surface area contributed by atoms with Gasteiger partial charge in [0.25, 0.3) is 0 Å². The van der Waals surface area contributed by atoms with Gasteiger partial charge in [0.1, 0.15) is 10.8 Å². The first kappa shape index (κ1) is 14.0. The Morgan fingerprint density at radius 3 is 2.79 bits per heavy atom. The van der Waals surface area contributed by atoms with Gasteiger partial charge >= 0.3 is 5.97 Å². The molecule has 3 nitrogen and oxygen atoms in total. The second kappa shape index (κ2) is 5.71. The van der Waals surface area contributed by atoms with E-state index in [-0.39, 0.29) is 5.56 Å². The van der Waals surface area contributed by atoms with E-state index in [4.69, 9.17) is 5.11 Å². The summed E-state index contributed by atoms with van der Waals surface area (Å²) in [5, 5.41) is 9.59. The predicted molar refractivity (Wildman–Crippen MR) is 74.2 cm³/mol. The minimum Gasteiger partial charge on any atom is -0.478 e. The van der Waals surface area contributed by atoms with E-state index in [1.807, 2.05) is 13.0 Å². The summed E-state index contributed by atoms with van der Waals surface area (Å²) in [5.74, 6) is -2.02. The van der Waals surface area contributed by atoms with Crippen LogP contribution < -0.4 is 0 Å². The van der Waals surface area contributed by atoms with Gasteiger partial charge in [0.15, 0.2) is 0 Å². The van der Waals surface area contributed by atoms with Gasteiger partial charge in [0.05, 0.1) is 5.56 Å². The van der Waals surface area contributed by atoms with Crippen molar-refractivity contribution in [2.45, 2.75) is 16.8 Å². The summed E-state index contributed by atoms with van der Waals surface area (Å²) in [6, 6.07) is 5.86. The van der Waals surface area contributed by atoms with Crippen LogP contribution >= 0.6 is 27.7 Å². The molecule has 0 saturated heterocycles. The highest BCUT2D eigenvalue weighted by molar-refractivity contribution is 9.10. The van der Waals surface area contributed by atoms with Gasteiger partial charge in [-0.2, -0.15) is 0 Å². The summed E-state index contributed by atoms with van der Waals surface area (Å²) in [4.78, 5) is 15.7. The molecule has 0 spiro atoms. The fourth-order valence-electron chi connectivity index (χ4n) is 1.42. The third-order valence-electron chi connectivity index (χ3n) is 2.41. The van der Waals surface area contributed by atoms with E-state index in [0.29, 0.717) is 4.90 Å². The van der Waals surface area contributed by atoms with Gasteiger partial charge in [0, 0.05) is 15.6 Å². The van der Waals surface area contributed by atoms with Gasteiger partial charge in [-0.05, 0) is 52.7 Å². The highest BCUT2D eigenvalue weighted by Gasteiger charge is 2.11. The smallest absolute Gasteiger partial charge is 0.338 e. The average molecular weight is 342 g/mol. The van der Waals surface area contributed by atoms with Gasteiger partial charge in [-0.1, -0.05) is 11.8 Å². The largest absolute Gasteiger partial charge is 0.478 e. The Balaban J connectivity index is 2.30. The van der Waals surface area contributed by atoms with Crippen molar-refractivity contribution in [1.29, 1.82) is 0 Å². The number of aromatic carboxylic acids is 1. The number of aryl methyl sites for hydroxylation is 1. The lowest BCUT2D eigenvalue weighted by Crippen LogP contribution is -2.00. The monoisotopic (exact) mass is 341 g/mol. The van der Waals surface area contributed by atoms with Gasteiger partial charge < -0.3 is 5.11 Å². The number of hydrogen-bond acceptors (Lipinski definition) is 3. The van der Waals surface area contributed by atoms with E-state index in [9.17, 15) is 9.18 Å². The Morgan fingerprint density at radius 2 is 2.16 bits per heavy atom. The Hall–Kier alpha value is -1.40. The molecule has 0 aliphatic rings. The summed E-state index contributed by atoms with van der Waals surface area (Å²) in [7, 11) is 0. The van der Waals surface area contributed by atoms with Crippen molar-refractivity contribution < 1.29 is 14.3 Å². The Labute approximate surface area is 122 Å². The molecule has 0 unspecified atom stereocenters. The summed E-state index contributed by atoms with van der Waals surface area (Å²) < 4.78 is 14.2. The molecule has 0 saturated carbocycles. The van der Waals surface area contributed by atoms with E-state index in [0.717, 1.165) is 21.1 Å². The number of rotatable bonds is 3. The number of carbonyl (C=O) groups is 1. The van der Waals surface area contributed by atoms with Crippen LogP contribution in [0.1, 0.15) is 15.9 Å². The molecule has 1 heterocycles. The van der Waals surface area contributed by atoms with Crippen LogP contribution in [-0.2, 0) is 0 Å². The number of halogens is 2. The number of hydrogen-bond donors (Lipinski definition) is 1. The van der Waals surface area contributed by atoms with Crippen molar-refractivity contribution in [2.24, 2.45) is 0 Å². The quantitative estimate of drug-likeness (QED) is 0.911. The maximum absolute atomic E-state index is 13.3. The Bertz CT molecular complexity index is 649. The first-order valence-corrected chi connectivity index (χ1v) is 6.91. The lowest BCUT2D eigenvalue weighted by molar-refractivity contribution is 0.0691. The third kappa shape index (κ3) is 3.33. The Kier molecular flexibility index (Phi) is 4.21. The second-order valence-corrected chi connectivity index (χ2v) is 5.77. The zero-order chi connectivity index (χ0) is 14.0. The maximum atomic E-state index is 13.3. The molecule has 0 aliphatic carbocycles. The molecule has 2 rings (SSSR count). The van der Waals surface area contributed by atoms with Crippen molar-refractivity contribution in [3.8, 4) is 0 Å². The molecule has 0 atom stereocenters. The zero-order valence-corrected chi connectivity index (χ0v) is 12.3. The molecule has 0 amide bonds. The summed E-state index contributed by atoms with van der Waals surface area (Å²) >= 11 is 4.64. The second-order valence-electron chi connectivity index (χ2n) is 3.82. The minimum absolute atomic E-state index is 0.334. The van der Waals surface area contributed by atoms with Crippen LogP contribution in [0.25, 0.3) is 0 Å². The van der Waals surface area contributed by atoms with Crippen LogP contribution in [-0.4, -0.2) is 16.1 Å². The van der Waals surface area contributed by atoms with Crippen LogP contribution in [0.3, 0.4) is 0 Å². The molecule has 6 heteroatoms. The highest BCUT2D eigenvalue weighted by Crippen LogP contribution is 2.29. The van der Waals surface area contributed by atoms with Crippen molar-refractivity contribution in [3.63, 3.8) is 0 Å². The van der Waals surface area contributed by atoms with E-state index in [1.54, 1.807) is 6.20 Å². The topological polar surface area (TPSA) is 50.2 Å². The maximum Gasteiger partial charge on any atom is 0.338 e. The van der Waals surface area contributed by atoms with Crippen molar-refractivity contribution in [1.82, 2.24) is 4.98 Å². The molecule has 1 N–H and O–H groups in total. The number of benzene rings is 1. The van der Waals surface area contributed by atoms with Gasteiger partial charge in [-0.25, -0.2) is 14.2 Å². The summed E-state index contributed by atoms with van der Waals surface area (Å²) in [6.07, 6.45) is 1.68. The molecular formula is C13H9BrFNO2S. The van der Waals surface area contributed by atoms with E-state index >= 15 is 0 Å². The highest BCUT2D eigenvalue weighted by atomic mass is 79.9. The first-order valence-electron chi connectivity index (χ1n) is 5.30. The van der Waals surface area contributed by atoms with Crippen molar-refractivity contribution >= 4 is 33.7 Å². The lowest BCUT2D eigenvalue weighted by Gasteiger charge is -2.05. The molecule has 2 aromatic rings. The first-order chi connectivity index (χ1) is 8.97. The van der Waals surface area contributed by atoms with Crippen molar-refractivity contribution in [2.75, 3.05) is 0 Å². The molecule has 0 fully saturated rings. The summed E-state index contributed by atoms with van der Waals surface area (Å²) in [5.41, 5.74) is 0.692. The molecule has 0 bridgehead atoms. The fraction of sp³-hybridized carbons (Fsp3) is 0.0769. The average Bonchev–Trinajstić information content (AvgIpc) is 2.36. The number of pyridine rings is 1. The SMILES string of the molecule is Cc1cc(Sc2ccc(F)c(C(=O)O)c2)ncc1Br. The van der Waals surface area contributed by atoms with E-state index in [1.165, 1.54) is 23.9 Å². The summed E-state index contributed by atoms with van der Waals surface area (Å²) in [6.45, 7) is 1.93. The van der Waals surface area contributed by atoms with Crippen LogP contribution in [0.15, 0.2) is 44.9 Å². The molecule has 19 heavy (non-hydrogen) atoms. The van der Waals surface area contributed by atoms with Gasteiger partial charge in [0.2, 0.25) is 0 Å². The standard InChI is InChI=1S/C13H9BrFNO2S/c1-7-4-12(16-6-10(7)14)19-8-2-3-11(15)9(5-8)13(17)18/h2-6H,1H3,(H,17,18). The van der Waals surface area contributed by atoms with Crippen LogP contribution in [0.5, 0.6) is 0 Å². The van der Waals surface area contributed by atoms with Crippen LogP contribution in [0.4, 0.5) is 4.39 Å². The predicted octanol–water partition coefficient (Wildman–Crippen LogP) is 4.14. The number of carboxylic acids is 1. The lowest BCUT2D eigenvalue weighted by atomic mass is 10.2. The van der Waals surface area contributed by atoms with E-state index in [2.05, 4.69) is 20.9 Å². The normalized spacial score (nSPS) is 10.5. The zero-order valence-electron chi connectivity index (χ0n) is 9.85. The third-order valence-corrected chi connectivity index (χ3v) is 4.16. The van der Waals surface area contributed by atoms with Crippen molar-refractivity contribution in [3.05, 3.63) is 51.9 Å². The van der Waals surface area contributed by atoms with Crippen LogP contribution in [0, 0.1) is 12.7 Å². The molecule has 98 valence electrons. The molecule has 1 aromatic carbocycles. The van der Waals surface area contributed by atoms with Gasteiger partial charge in [-0.3, -0.25) is 0 Å². The molecule has 0 aliphatic heterocycles. The minimum atomic E-state index is -1.28. The van der Waals surface area contributed by atoms with Gasteiger partial charge in [-0.15, -0.1) is 0 Å². The number of aromatic nitrogens is 1. The molecule has 0 radical (unpaired) electrons. The number of carboxylic acid groups (broad SMARTS) is 1. The molecule has 1 aromatic heterocycles. The van der Waals surface area contributed by atoms with Crippen LogP contribution in [0.2, 0.25) is 0 Å². The Morgan fingerprint density at radius 1 is 1.42 bits per heavy atom. The molecular weight excluding hydrogens is 333 g/mol. The fourth-order valence-corrected chi connectivity index (χ4v) is 2.53.